The summed E-state index contributed by atoms with van der Waals surface area (Å²) in [6, 6.07) is 5.97. The highest BCUT2D eigenvalue weighted by molar-refractivity contribution is 7.92. The molecule has 0 spiro atoms. The number of sulfone groups is 1. The van der Waals surface area contributed by atoms with Crippen molar-refractivity contribution in [3.05, 3.63) is 47.4 Å². The molecule has 7 heteroatoms. The van der Waals surface area contributed by atoms with Crippen molar-refractivity contribution in [1.82, 2.24) is 9.97 Å². The van der Waals surface area contributed by atoms with E-state index >= 15 is 0 Å². The fraction of sp³-hybridized carbons (Fsp3) is 0.353. The van der Waals surface area contributed by atoms with Gasteiger partial charge in [0.25, 0.3) is 5.91 Å². The SMILES string of the molecule is CC(C)S(=O)(=O)c1ccc(C(=O)Nc2ncnc3c2CCC3)cc1. The maximum atomic E-state index is 12.4. The molecule has 0 unspecified atom stereocenters. The Hall–Kier alpha value is -2.28. The van der Waals surface area contributed by atoms with Crippen molar-refractivity contribution in [1.29, 1.82) is 0 Å². The number of amides is 1. The zero-order valence-electron chi connectivity index (χ0n) is 13.6. The molecule has 3 rings (SSSR count). The number of rotatable bonds is 4. The first kappa shape index (κ1) is 16.6. The summed E-state index contributed by atoms with van der Waals surface area (Å²) in [6.07, 6.45) is 4.23. The van der Waals surface area contributed by atoms with Crippen LogP contribution in [0.1, 0.15) is 41.9 Å². The molecule has 1 aliphatic carbocycles. The van der Waals surface area contributed by atoms with Crippen molar-refractivity contribution in [3.63, 3.8) is 0 Å². The van der Waals surface area contributed by atoms with Gasteiger partial charge in [-0.05, 0) is 57.4 Å². The van der Waals surface area contributed by atoms with Crippen LogP contribution in [-0.4, -0.2) is 29.5 Å². The summed E-state index contributed by atoms with van der Waals surface area (Å²) in [4.78, 5) is 21.0. The number of hydrogen-bond donors (Lipinski definition) is 1. The van der Waals surface area contributed by atoms with E-state index in [1.165, 1.54) is 30.6 Å². The van der Waals surface area contributed by atoms with Crippen LogP contribution in [0.4, 0.5) is 5.82 Å². The third kappa shape index (κ3) is 3.03. The Morgan fingerprint density at radius 3 is 2.50 bits per heavy atom. The van der Waals surface area contributed by atoms with Gasteiger partial charge in [0.2, 0.25) is 0 Å². The first-order valence-electron chi connectivity index (χ1n) is 7.87. The number of carbonyl (C=O) groups is 1. The zero-order valence-corrected chi connectivity index (χ0v) is 14.4. The second-order valence-corrected chi connectivity index (χ2v) is 8.58. The molecule has 0 fully saturated rings. The lowest BCUT2D eigenvalue weighted by Crippen LogP contribution is -2.16. The largest absolute Gasteiger partial charge is 0.306 e. The minimum Gasteiger partial charge on any atom is -0.306 e. The predicted octanol–water partition coefficient (Wildman–Crippen LogP) is 2.40. The first-order valence-corrected chi connectivity index (χ1v) is 9.42. The number of hydrogen-bond acceptors (Lipinski definition) is 5. The highest BCUT2D eigenvalue weighted by atomic mass is 32.2. The summed E-state index contributed by atoms with van der Waals surface area (Å²) in [6.45, 7) is 3.26. The zero-order chi connectivity index (χ0) is 17.3. The van der Waals surface area contributed by atoms with E-state index in [9.17, 15) is 13.2 Å². The van der Waals surface area contributed by atoms with E-state index in [0.29, 0.717) is 11.4 Å². The number of aromatic nitrogens is 2. The molecule has 0 radical (unpaired) electrons. The Labute approximate surface area is 141 Å². The second kappa shape index (κ2) is 6.32. The molecule has 1 heterocycles. The molecular formula is C17H19N3O3S. The maximum Gasteiger partial charge on any atom is 0.256 e. The van der Waals surface area contributed by atoms with Gasteiger partial charge in [0.1, 0.15) is 12.1 Å². The standard InChI is InChI=1S/C17H19N3O3S/c1-11(2)24(22,23)13-8-6-12(7-9-13)17(21)20-16-14-4-3-5-15(14)18-10-19-16/h6-11H,3-5H2,1-2H3,(H,18,19,20,21). The maximum absolute atomic E-state index is 12.4. The van der Waals surface area contributed by atoms with Crippen molar-refractivity contribution < 1.29 is 13.2 Å². The Morgan fingerprint density at radius 2 is 1.83 bits per heavy atom. The Bertz CT molecular complexity index is 874. The van der Waals surface area contributed by atoms with E-state index in [1.54, 1.807) is 13.8 Å². The summed E-state index contributed by atoms with van der Waals surface area (Å²) in [5.74, 6) is 0.234. The fourth-order valence-corrected chi connectivity index (χ4v) is 3.77. The van der Waals surface area contributed by atoms with Crippen molar-refractivity contribution >= 4 is 21.6 Å². The molecule has 24 heavy (non-hydrogen) atoms. The first-order chi connectivity index (χ1) is 11.4. The van der Waals surface area contributed by atoms with Crippen molar-refractivity contribution in [2.24, 2.45) is 0 Å². The van der Waals surface area contributed by atoms with Gasteiger partial charge < -0.3 is 5.32 Å². The molecule has 0 aliphatic heterocycles. The van der Waals surface area contributed by atoms with Crippen LogP contribution in [0.15, 0.2) is 35.5 Å². The minimum atomic E-state index is -3.34. The molecule has 0 saturated heterocycles. The van der Waals surface area contributed by atoms with E-state index in [-0.39, 0.29) is 10.8 Å². The number of nitrogens with zero attached hydrogens (tertiary/aromatic N) is 2. The molecular weight excluding hydrogens is 326 g/mol. The van der Waals surface area contributed by atoms with Gasteiger partial charge in [0.05, 0.1) is 10.1 Å². The third-order valence-electron chi connectivity index (χ3n) is 4.17. The van der Waals surface area contributed by atoms with Crippen LogP contribution in [0.5, 0.6) is 0 Å². The van der Waals surface area contributed by atoms with Crippen LogP contribution in [-0.2, 0) is 22.7 Å². The molecule has 1 aromatic carbocycles. The predicted molar refractivity (Wildman–Crippen MR) is 90.8 cm³/mol. The average Bonchev–Trinajstić information content (AvgIpc) is 3.04. The van der Waals surface area contributed by atoms with E-state index in [2.05, 4.69) is 15.3 Å². The molecule has 1 aromatic heterocycles. The van der Waals surface area contributed by atoms with Gasteiger partial charge in [-0.2, -0.15) is 0 Å². The number of benzene rings is 1. The molecule has 2 aromatic rings. The van der Waals surface area contributed by atoms with Crippen molar-refractivity contribution in [2.75, 3.05) is 5.32 Å². The summed E-state index contributed by atoms with van der Waals surface area (Å²) in [5.41, 5.74) is 2.37. The lowest BCUT2D eigenvalue weighted by molar-refractivity contribution is 0.102. The summed E-state index contributed by atoms with van der Waals surface area (Å²) in [5, 5.41) is 2.30. The highest BCUT2D eigenvalue weighted by Gasteiger charge is 2.21. The third-order valence-corrected chi connectivity index (χ3v) is 6.34. The molecule has 0 saturated carbocycles. The number of aryl methyl sites for hydroxylation is 1. The number of anilines is 1. The fourth-order valence-electron chi connectivity index (χ4n) is 2.72. The normalized spacial score (nSPS) is 13.8. The van der Waals surface area contributed by atoms with Crippen LogP contribution >= 0.6 is 0 Å². The number of carbonyl (C=O) groups excluding carboxylic acids is 1. The molecule has 6 nitrogen and oxygen atoms in total. The van der Waals surface area contributed by atoms with Gasteiger partial charge in [0, 0.05) is 16.8 Å². The van der Waals surface area contributed by atoms with Crippen molar-refractivity contribution in [3.8, 4) is 0 Å². The van der Waals surface area contributed by atoms with Gasteiger partial charge in [0.15, 0.2) is 9.84 Å². The van der Waals surface area contributed by atoms with Crippen LogP contribution < -0.4 is 5.32 Å². The van der Waals surface area contributed by atoms with E-state index in [0.717, 1.165) is 30.5 Å². The molecule has 0 bridgehead atoms. The summed E-state index contributed by atoms with van der Waals surface area (Å²) >= 11 is 0. The second-order valence-electron chi connectivity index (χ2n) is 6.07. The molecule has 1 amide bonds. The summed E-state index contributed by atoms with van der Waals surface area (Å²) < 4.78 is 24.2. The van der Waals surface area contributed by atoms with Crippen LogP contribution in [0.2, 0.25) is 0 Å². The van der Waals surface area contributed by atoms with E-state index in [4.69, 9.17) is 0 Å². The van der Waals surface area contributed by atoms with Gasteiger partial charge in [-0.3, -0.25) is 4.79 Å². The topological polar surface area (TPSA) is 89.0 Å². The quantitative estimate of drug-likeness (QED) is 0.919. The van der Waals surface area contributed by atoms with Crippen molar-refractivity contribution in [2.45, 2.75) is 43.3 Å². The number of nitrogens with one attached hydrogen (secondary N) is 1. The van der Waals surface area contributed by atoms with E-state index in [1.807, 2.05) is 0 Å². The minimum absolute atomic E-state index is 0.219. The number of fused-ring (bicyclic) bond motifs is 1. The molecule has 1 N–H and O–H groups in total. The van der Waals surface area contributed by atoms with Gasteiger partial charge in [-0.1, -0.05) is 0 Å². The Morgan fingerprint density at radius 1 is 1.12 bits per heavy atom. The van der Waals surface area contributed by atoms with Gasteiger partial charge >= 0.3 is 0 Å². The van der Waals surface area contributed by atoms with Crippen LogP contribution in [0.25, 0.3) is 0 Å². The smallest absolute Gasteiger partial charge is 0.256 e. The molecule has 126 valence electrons. The van der Waals surface area contributed by atoms with Gasteiger partial charge in [-0.25, -0.2) is 18.4 Å². The lowest BCUT2D eigenvalue weighted by atomic mass is 10.2. The van der Waals surface area contributed by atoms with Crippen LogP contribution in [0, 0.1) is 0 Å². The monoisotopic (exact) mass is 345 g/mol. The summed E-state index contributed by atoms with van der Waals surface area (Å²) in [7, 11) is -3.34. The Kier molecular flexibility index (Phi) is 4.36. The average molecular weight is 345 g/mol. The Balaban J connectivity index is 1.81. The molecule has 1 aliphatic rings. The highest BCUT2D eigenvalue weighted by Crippen LogP contribution is 2.25. The molecule has 0 atom stereocenters. The van der Waals surface area contributed by atoms with Gasteiger partial charge in [-0.15, -0.1) is 0 Å². The van der Waals surface area contributed by atoms with E-state index < -0.39 is 15.1 Å². The van der Waals surface area contributed by atoms with Crippen LogP contribution in [0.3, 0.4) is 0 Å². The lowest BCUT2D eigenvalue weighted by Gasteiger charge is -2.10.